The molecular formula is C22H20N6O2. The molecule has 0 radical (unpaired) electrons. The third kappa shape index (κ3) is 3.32. The Kier molecular flexibility index (Phi) is 4.31. The van der Waals surface area contributed by atoms with Crippen LogP contribution in [0.25, 0.3) is 22.2 Å². The molecule has 0 spiro atoms. The van der Waals surface area contributed by atoms with E-state index in [4.69, 9.17) is 10.5 Å². The van der Waals surface area contributed by atoms with Gasteiger partial charge in [-0.1, -0.05) is 6.07 Å². The van der Waals surface area contributed by atoms with Gasteiger partial charge in [-0.3, -0.25) is 9.36 Å². The molecule has 0 amide bonds. The fraction of sp³-hybridized carbons (Fsp3) is 0.182. The monoisotopic (exact) mass is 400 g/mol. The van der Waals surface area contributed by atoms with Crippen LogP contribution in [-0.2, 0) is 6.54 Å². The predicted molar refractivity (Wildman–Crippen MR) is 116 cm³/mol. The Labute approximate surface area is 172 Å². The second-order valence-electron chi connectivity index (χ2n) is 7.36. The molecule has 4 heterocycles. The second kappa shape index (κ2) is 7.14. The van der Waals surface area contributed by atoms with Gasteiger partial charge in [-0.25, -0.2) is 15.0 Å². The SMILES string of the molecule is CC1CCn2c(ncc(-c3ccc4cc(Oc5ccnc(N)c5)ccc4n3)c2=O)N1. The van der Waals surface area contributed by atoms with Gasteiger partial charge in [0.2, 0.25) is 5.95 Å². The molecule has 8 heteroatoms. The Balaban J connectivity index is 1.48. The standard InChI is InChI=1S/C22H20N6O2/c1-13-7-9-28-21(29)17(12-25-22(28)26-13)19-4-2-14-10-15(3-5-18(14)27-19)30-16-6-8-24-20(23)11-16/h2-6,8,10-13H,7,9H2,1H3,(H2,23,24)(H,25,26). The number of hydrogen-bond donors (Lipinski definition) is 2. The number of anilines is 2. The van der Waals surface area contributed by atoms with Gasteiger partial charge in [0.05, 0.1) is 16.8 Å². The van der Waals surface area contributed by atoms with Crippen molar-refractivity contribution in [1.29, 1.82) is 0 Å². The number of hydrogen-bond acceptors (Lipinski definition) is 7. The largest absolute Gasteiger partial charge is 0.457 e. The zero-order chi connectivity index (χ0) is 20.7. The number of rotatable bonds is 3. The molecule has 150 valence electrons. The van der Waals surface area contributed by atoms with E-state index in [9.17, 15) is 4.79 Å². The van der Waals surface area contributed by atoms with E-state index in [-0.39, 0.29) is 5.56 Å². The van der Waals surface area contributed by atoms with Crippen LogP contribution in [0.1, 0.15) is 13.3 Å². The van der Waals surface area contributed by atoms with Crippen LogP contribution in [0.2, 0.25) is 0 Å². The Morgan fingerprint density at radius 2 is 2.00 bits per heavy atom. The first-order valence-corrected chi connectivity index (χ1v) is 9.74. The number of nitrogen functional groups attached to an aromatic ring is 1. The van der Waals surface area contributed by atoms with E-state index in [1.54, 1.807) is 29.1 Å². The van der Waals surface area contributed by atoms with Crippen molar-refractivity contribution in [3.63, 3.8) is 0 Å². The summed E-state index contributed by atoms with van der Waals surface area (Å²) >= 11 is 0. The highest BCUT2D eigenvalue weighted by Gasteiger charge is 2.19. The molecule has 1 atom stereocenters. The Morgan fingerprint density at radius 3 is 2.87 bits per heavy atom. The lowest BCUT2D eigenvalue weighted by Gasteiger charge is -2.24. The maximum atomic E-state index is 12.9. The number of ether oxygens (including phenoxy) is 1. The van der Waals surface area contributed by atoms with Gasteiger partial charge >= 0.3 is 0 Å². The van der Waals surface area contributed by atoms with Crippen molar-refractivity contribution in [1.82, 2.24) is 19.5 Å². The molecule has 0 aliphatic carbocycles. The van der Waals surface area contributed by atoms with Crippen LogP contribution in [0, 0.1) is 0 Å². The molecule has 0 bridgehead atoms. The number of aromatic nitrogens is 4. The first-order valence-electron chi connectivity index (χ1n) is 9.74. The molecule has 1 aromatic carbocycles. The molecular weight excluding hydrogens is 380 g/mol. The van der Waals surface area contributed by atoms with E-state index in [1.165, 1.54) is 0 Å². The van der Waals surface area contributed by atoms with Crippen molar-refractivity contribution >= 4 is 22.7 Å². The van der Waals surface area contributed by atoms with Gasteiger partial charge < -0.3 is 15.8 Å². The number of pyridine rings is 2. The smallest absolute Gasteiger partial charge is 0.264 e. The van der Waals surface area contributed by atoms with Crippen molar-refractivity contribution in [3.05, 3.63) is 65.2 Å². The molecule has 3 aromatic heterocycles. The summed E-state index contributed by atoms with van der Waals surface area (Å²) < 4.78 is 7.53. The summed E-state index contributed by atoms with van der Waals surface area (Å²) in [7, 11) is 0. The van der Waals surface area contributed by atoms with Gasteiger partial charge in [0, 0.05) is 36.4 Å². The lowest BCUT2D eigenvalue weighted by atomic mass is 10.1. The summed E-state index contributed by atoms with van der Waals surface area (Å²) in [4.78, 5) is 26.0. The number of fused-ring (bicyclic) bond motifs is 2. The van der Waals surface area contributed by atoms with E-state index in [0.29, 0.717) is 47.1 Å². The zero-order valence-electron chi connectivity index (χ0n) is 16.4. The normalized spacial score (nSPS) is 15.4. The Morgan fingerprint density at radius 1 is 1.13 bits per heavy atom. The van der Waals surface area contributed by atoms with Gasteiger partial charge in [0.15, 0.2) is 0 Å². The Bertz CT molecular complexity index is 1320. The first-order chi connectivity index (χ1) is 14.6. The average Bonchev–Trinajstić information content (AvgIpc) is 2.74. The minimum Gasteiger partial charge on any atom is -0.457 e. The Hall–Kier alpha value is -3.94. The van der Waals surface area contributed by atoms with Crippen molar-refractivity contribution in [3.8, 4) is 22.8 Å². The van der Waals surface area contributed by atoms with Gasteiger partial charge in [0.1, 0.15) is 17.3 Å². The summed E-state index contributed by atoms with van der Waals surface area (Å²) in [6, 6.07) is 13.1. The summed E-state index contributed by atoms with van der Waals surface area (Å²) in [5.41, 5.74) is 7.48. The van der Waals surface area contributed by atoms with Crippen LogP contribution in [0.4, 0.5) is 11.8 Å². The lowest BCUT2D eigenvalue weighted by molar-refractivity contribution is 0.483. The molecule has 3 N–H and O–H groups in total. The quantitative estimate of drug-likeness (QED) is 0.542. The van der Waals surface area contributed by atoms with Gasteiger partial charge in [-0.15, -0.1) is 0 Å². The van der Waals surface area contributed by atoms with Gasteiger partial charge in [-0.2, -0.15) is 0 Å². The molecule has 0 saturated carbocycles. The second-order valence-corrected chi connectivity index (χ2v) is 7.36. The summed E-state index contributed by atoms with van der Waals surface area (Å²) in [5, 5.41) is 4.15. The van der Waals surface area contributed by atoms with E-state index >= 15 is 0 Å². The maximum Gasteiger partial charge on any atom is 0.264 e. The first kappa shape index (κ1) is 18.1. The van der Waals surface area contributed by atoms with Crippen molar-refractivity contribution < 1.29 is 4.74 Å². The highest BCUT2D eigenvalue weighted by atomic mass is 16.5. The molecule has 0 saturated heterocycles. The number of nitrogens with zero attached hydrogens (tertiary/aromatic N) is 4. The average molecular weight is 400 g/mol. The van der Waals surface area contributed by atoms with Crippen LogP contribution in [0.5, 0.6) is 11.5 Å². The van der Waals surface area contributed by atoms with Crippen molar-refractivity contribution in [2.75, 3.05) is 11.1 Å². The minimum atomic E-state index is -0.0820. The summed E-state index contributed by atoms with van der Waals surface area (Å²) in [6.45, 7) is 2.73. The molecule has 30 heavy (non-hydrogen) atoms. The molecule has 5 rings (SSSR count). The third-order valence-corrected chi connectivity index (χ3v) is 5.13. The number of benzene rings is 1. The van der Waals surface area contributed by atoms with E-state index in [0.717, 1.165) is 17.3 Å². The fourth-order valence-electron chi connectivity index (χ4n) is 3.55. The zero-order valence-corrected chi connectivity index (χ0v) is 16.4. The lowest BCUT2D eigenvalue weighted by Crippen LogP contribution is -2.34. The van der Waals surface area contributed by atoms with Gasteiger partial charge in [0.25, 0.3) is 5.56 Å². The summed E-state index contributed by atoms with van der Waals surface area (Å²) in [5.74, 6) is 2.29. The maximum absolute atomic E-state index is 12.9. The van der Waals surface area contributed by atoms with Gasteiger partial charge in [-0.05, 0) is 43.7 Å². The van der Waals surface area contributed by atoms with Crippen LogP contribution < -0.4 is 21.3 Å². The topological polar surface area (TPSA) is 108 Å². The van der Waals surface area contributed by atoms with Crippen LogP contribution >= 0.6 is 0 Å². The van der Waals surface area contributed by atoms with E-state index < -0.39 is 0 Å². The van der Waals surface area contributed by atoms with Crippen molar-refractivity contribution in [2.45, 2.75) is 25.9 Å². The fourth-order valence-corrected chi connectivity index (χ4v) is 3.55. The number of nitrogens with one attached hydrogen (secondary N) is 1. The molecule has 1 unspecified atom stereocenters. The molecule has 0 fully saturated rings. The van der Waals surface area contributed by atoms with Crippen molar-refractivity contribution in [2.24, 2.45) is 0 Å². The van der Waals surface area contributed by atoms with Crippen LogP contribution in [0.15, 0.2) is 59.7 Å². The third-order valence-electron chi connectivity index (χ3n) is 5.13. The number of nitrogens with two attached hydrogens (primary N) is 1. The van der Waals surface area contributed by atoms with E-state index in [1.807, 2.05) is 30.3 Å². The predicted octanol–water partition coefficient (Wildman–Crippen LogP) is 3.43. The van der Waals surface area contributed by atoms with E-state index in [2.05, 4.69) is 27.2 Å². The van der Waals surface area contributed by atoms with Crippen LogP contribution in [0.3, 0.4) is 0 Å². The molecule has 1 aliphatic heterocycles. The molecule has 4 aromatic rings. The highest BCUT2D eigenvalue weighted by molar-refractivity contribution is 5.82. The summed E-state index contributed by atoms with van der Waals surface area (Å²) in [6.07, 6.45) is 4.08. The molecule has 1 aliphatic rings. The highest BCUT2D eigenvalue weighted by Crippen LogP contribution is 2.27. The molecule has 8 nitrogen and oxygen atoms in total. The minimum absolute atomic E-state index is 0.0820. The van der Waals surface area contributed by atoms with Crippen LogP contribution in [-0.4, -0.2) is 25.6 Å².